The quantitative estimate of drug-likeness (QED) is 0.740. The number of nitrogens with one attached hydrogen (secondary N) is 2. The van der Waals surface area contributed by atoms with Crippen molar-refractivity contribution in [2.24, 2.45) is 0 Å². The van der Waals surface area contributed by atoms with E-state index < -0.39 is 0 Å². The summed E-state index contributed by atoms with van der Waals surface area (Å²) in [5.74, 6) is 0.722. The zero-order chi connectivity index (χ0) is 13.1. The van der Waals surface area contributed by atoms with Gasteiger partial charge in [-0.3, -0.25) is 9.78 Å². The molecule has 8 nitrogen and oxygen atoms in total. The van der Waals surface area contributed by atoms with Gasteiger partial charge in [-0.15, -0.1) is 0 Å². The van der Waals surface area contributed by atoms with E-state index >= 15 is 0 Å². The van der Waals surface area contributed by atoms with Crippen LogP contribution in [-0.2, 0) is 11.2 Å². The van der Waals surface area contributed by atoms with Crippen molar-refractivity contribution in [3.63, 3.8) is 0 Å². The highest BCUT2D eigenvalue weighted by Gasteiger charge is 2.24. The molecule has 3 heterocycles. The predicted octanol–water partition coefficient (Wildman–Crippen LogP) is -0.843. The fourth-order valence-electron chi connectivity index (χ4n) is 1.84. The highest BCUT2D eigenvalue weighted by molar-refractivity contribution is 5.82. The maximum absolute atomic E-state index is 11.6. The molecule has 0 aromatic carbocycles. The van der Waals surface area contributed by atoms with Crippen LogP contribution in [0.3, 0.4) is 0 Å². The largest absolute Gasteiger partial charge is 0.353 e. The Balaban J connectivity index is 1.73. The van der Waals surface area contributed by atoms with Crippen LogP contribution in [0.15, 0.2) is 23.1 Å². The number of carbonyl (C=O) groups is 1. The molecule has 1 aliphatic heterocycles. The normalized spacial score (nSPS) is 19.2. The Morgan fingerprint density at radius 3 is 3.11 bits per heavy atom. The van der Waals surface area contributed by atoms with Crippen molar-refractivity contribution in [3.05, 3.63) is 24.5 Å². The van der Waals surface area contributed by atoms with E-state index in [-0.39, 0.29) is 11.9 Å². The molecule has 0 bridgehead atoms. The molecule has 0 saturated carbocycles. The summed E-state index contributed by atoms with van der Waals surface area (Å²) in [4.78, 5) is 23.8. The fraction of sp³-hybridized carbons (Fsp3) is 0.364. The van der Waals surface area contributed by atoms with Gasteiger partial charge in [0.25, 0.3) is 0 Å². The number of rotatable bonds is 3. The minimum absolute atomic E-state index is 0.0505. The molecule has 1 saturated heterocycles. The average molecular weight is 260 g/mol. The molecule has 2 N–H and O–H groups in total. The first-order valence-corrected chi connectivity index (χ1v) is 5.93. The number of carbonyl (C=O) groups excluding carboxylic acids is 1. The van der Waals surface area contributed by atoms with Crippen molar-refractivity contribution >= 4 is 5.91 Å². The summed E-state index contributed by atoms with van der Waals surface area (Å²) >= 11 is 0. The van der Waals surface area contributed by atoms with Gasteiger partial charge < -0.3 is 15.2 Å². The molecule has 1 aliphatic rings. The lowest BCUT2D eigenvalue weighted by molar-refractivity contribution is -0.124. The predicted molar refractivity (Wildman–Crippen MR) is 63.8 cm³/mol. The standard InChI is InChI=1S/C11H12N6O2/c18-11-7(13-3-4-15-11)5-9-16-10(17-19-9)8-6-12-1-2-14-8/h1-2,6-7,13H,3-5H2,(H,15,18). The van der Waals surface area contributed by atoms with Crippen molar-refractivity contribution < 1.29 is 9.32 Å². The first kappa shape index (κ1) is 11.7. The number of nitrogens with zero attached hydrogens (tertiary/aromatic N) is 4. The van der Waals surface area contributed by atoms with E-state index in [0.29, 0.717) is 30.4 Å². The summed E-state index contributed by atoms with van der Waals surface area (Å²) < 4.78 is 5.12. The summed E-state index contributed by atoms with van der Waals surface area (Å²) in [5, 5.41) is 9.70. The van der Waals surface area contributed by atoms with Crippen LogP contribution in [0.25, 0.3) is 11.5 Å². The number of aromatic nitrogens is 4. The number of hydrogen-bond acceptors (Lipinski definition) is 7. The van der Waals surface area contributed by atoms with Crippen LogP contribution in [0.5, 0.6) is 0 Å². The smallest absolute Gasteiger partial charge is 0.237 e. The Morgan fingerprint density at radius 2 is 2.32 bits per heavy atom. The van der Waals surface area contributed by atoms with E-state index in [0.717, 1.165) is 6.54 Å². The Morgan fingerprint density at radius 1 is 1.37 bits per heavy atom. The lowest BCUT2D eigenvalue weighted by atomic mass is 10.1. The molecule has 1 fully saturated rings. The maximum atomic E-state index is 11.6. The molecular weight excluding hydrogens is 248 g/mol. The first-order valence-electron chi connectivity index (χ1n) is 5.93. The van der Waals surface area contributed by atoms with Gasteiger partial charge in [0.1, 0.15) is 5.69 Å². The van der Waals surface area contributed by atoms with Crippen LogP contribution in [0.4, 0.5) is 0 Å². The van der Waals surface area contributed by atoms with Gasteiger partial charge in [-0.25, -0.2) is 4.98 Å². The molecule has 98 valence electrons. The molecule has 3 rings (SSSR count). The average Bonchev–Trinajstić information content (AvgIpc) is 2.91. The van der Waals surface area contributed by atoms with Gasteiger partial charge in [-0.1, -0.05) is 5.16 Å². The Hall–Kier alpha value is -2.35. The summed E-state index contributed by atoms with van der Waals surface area (Å²) in [7, 11) is 0. The van der Waals surface area contributed by atoms with E-state index in [2.05, 4.69) is 30.7 Å². The van der Waals surface area contributed by atoms with E-state index in [9.17, 15) is 4.79 Å². The third-order valence-corrected chi connectivity index (χ3v) is 2.77. The summed E-state index contributed by atoms with van der Waals surface area (Å²) in [6, 6.07) is -0.330. The molecular formula is C11H12N6O2. The van der Waals surface area contributed by atoms with Crippen molar-refractivity contribution in [3.8, 4) is 11.5 Å². The number of amides is 1. The molecule has 8 heteroatoms. The summed E-state index contributed by atoms with van der Waals surface area (Å²) in [5.41, 5.74) is 0.540. The molecule has 1 unspecified atom stereocenters. The lowest BCUT2D eigenvalue weighted by Gasteiger charge is -2.21. The van der Waals surface area contributed by atoms with Gasteiger partial charge >= 0.3 is 0 Å². The van der Waals surface area contributed by atoms with E-state index in [1.165, 1.54) is 0 Å². The van der Waals surface area contributed by atoms with E-state index in [4.69, 9.17) is 4.52 Å². The van der Waals surface area contributed by atoms with Crippen molar-refractivity contribution in [2.45, 2.75) is 12.5 Å². The molecule has 0 radical (unpaired) electrons. The van der Waals surface area contributed by atoms with E-state index in [1.54, 1.807) is 18.6 Å². The first-order chi connectivity index (χ1) is 9.33. The molecule has 2 aromatic rings. The molecule has 1 amide bonds. The van der Waals surface area contributed by atoms with Crippen molar-refractivity contribution in [1.82, 2.24) is 30.7 Å². The molecule has 0 aliphatic carbocycles. The van der Waals surface area contributed by atoms with Gasteiger partial charge in [0.2, 0.25) is 17.6 Å². The minimum Gasteiger partial charge on any atom is -0.353 e. The lowest BCUT2D eigenvalue weighted by Crippen LogP contribution is -2.53. The monoisotopic (exact) mass is 260 g/mol. The Bertz CT molecular complexity index is 570. The van der Waals surface area contributed by atoms with Gasteiger partial charge in [-0.2, -0.15) is 4.98 Å². The van der Waals surface area contributed by atoms with Gasteiger partial charge in [0, 0.05) is 25.5 Å². The minimum atomic E-state index is -0.330. The Kier molecular flexibility index (Phi) is 3.15. The van der Waals surface area contributed by atoms with Crippen LogP contribution >= 0.6 is 0 Å². The second kappa shape index (κ2) is 5.11. The number of piperazine rings is 1. The fourth-order valence-corrected chi connectivity index (χ4v) is 1.84. The maximum Gasteiger partial charge on any atom is 0.237 e. The van der Waals surface area contributed by atoms with E-state index in [1.807, 2.05) is 0 Å². The van der Waals surface area contributed by atoms with Crippen molar-refractivity contribution in [1.29, 1.82) is 0 Å². The summed E-state index contributed by atoms with van der Waals surface area (Å²) in [6.45, 7) is 1.38. The second-order valence-electron chi connectivity index (χ2n) is 4.10. The summed E-state index contributed by atoms with van der Waals surface area (Å²) in [6.07, 6.45) is 5.04. The zero-order valence-electron chi connectivity index (χ0n) is 10.0. The highest BCUT2D eigenvalue weighted by atomic mass is 16.5. The van der Waals surface area contributed by atoms with Crippen LogP contribution < -0.4 is 10.6 Å². The molecule has 0 spiro atoms. The Labute approximate surface area is 108 Å². The molecule has 2 aromatic heterocycles. The second-order valence-corrected chi connectivity index (χ2v) is 4.10. The van der Waals surface area contributed by atoms with Crippen molar-refractivity contribution in [2.75, 3.05) is 13.1 Å². The topological polar surface area (TPSA) is 106 Å². The molecule has 19 heavy (non-hydrogen) atoms. The van der Waals surface area contributed by atoms with Gasteiger partial charge in [-0.05, 0) is 0 Å². The molecule has 1 atom stereocenters. The van der Waals surface area contributed by atoms with Gasteiger partial charge in [0.05, 0.1) is 18.7 Å². The highest BCUT2D eigenvalue weighted by Crippen LogP contribution is 2.12. The van der Waals surface area contributed by atoms with Crippen LogP contribution in [0.1, 0.15) is 5.89 Å². The third-order valence-electron chi connectivity index (χ3n) is 2.77. The van der Waals surface area contributed by atoms with Crippen LogP contribution in [-0.4, -0.2) is 45.1 Å². The number of hydrogen-bond donors (Lipinski definition) is 2. The third kappa shape index (κ3) is 2.58. The van der Waals surface area contributed by atoms with Crippen LogP contribution in [0, 0.1) is 0 Å². The zero-order valence-corrected chi connectivity index (χ0v) is 10.0. The SMILES string of the molecule is O=C1NCCNC1Cc1nc(-c2cnccn2)no1. The van der Waals surface area contributed by atoms with Gasteiger partial charge in [0.15, 0.2) is 0 Å². The van der Waals surface area contributed by atoms with Crippen LogP contribution in [0.2, 0.25) is 0 Å².